The maximum absolute atomic E-state index is 12.3. The number of cyclic esters (lactones) is 1. The molecule has 0 aliphatic carbocycles. The lowest BCUT2D eigenvalue weighted by atomic mass is 9.70. The van der Waals surface area contributed by atoms with Gasteiger partial charge in [0.2, 0.25) is 0 Å². The first-order chi connectivity index (χ1) is 10.6. The molecule has 0 spiro atoms. The minimum Gasteiger partial charge on any atom is -0.443 e. The van der Waals surface area contributed by atoms with Crippen molar-refractivity contribution < 1.29 is 14.3 Å². The van der Waals surface area contributed by atoms with Crippen LogP contribution in [0.2, 0.25) is 0 Å². The number of piperidine rings is 1. The Morgan fingerprint density at radius 3 is 2.55 bits per heavy atom. The quantitative estimate of drug-likeness (QED) is 0.920. The molecule has 118 valence electrons. The number of likely N-dealkylation sites (tertiary alicyclic amines) is 1. The van der Waals surface area contributed by atoms with Crippen LogP contribution in [0.3, 0.4) is 0 Å². The fourth-order valence-electron chi connectivity index (χ4n) is 3.54. The molecule has 0 radical (unpaired) electrons. The van der Waals surface area contributed by atoms with Crippen LogP contribution in [0.25, 0.3) is 0 Å². The molecule has 0 unspecified atom stereocenters. The van der Waals surface area contributed by atoms with Gasteiger partial charge < -0.3 is 10.1 Å². The van der Waals surface area contributed by atoms with Gasteiger partial charge in [-0.2, -0.15) is 0 Å². The van der Waals surface area contributed by atoms with Gasteiger partial charge in [0.1, 0.15) is 11.9 Å². The highest BCUT2D eigenvalue weighted by atomic mass is 16.6. The third kappa shape index (κ3) is 2.86. The maximum atomic E-state index is 12.3. The van der Waals surface area contributed by atoms with Crippen LogP contribution < -0.4 is 5.32 Å². The summed E-state index contributed by atoms with van der Waals surface area (Å²) in [6.45, 7) is 4.71. The summed E-state index contributed by atoms with van der Waals surface area (Å²) in [5.74, 6) is 0.243. The Balaban J connectivity index is 1.66. The lowest BCUT2D eigenvalue weighted by Crippen LogP contribution is -2.48. The van der Waals surface area contributed by atoms with Crippen LogP contribution in [0.4, 0.5) is 4.79 Å². The Morgan fingerprint density at radius 2 is 2.00 bits per heavy atom. The monoisotopic (exact) mass is 302 g/mol. The van der Waals surface area contributed by atoms with E-state index in [9.17, 15) is 9.59 Å². The van der Waals surface area contributed by atoms with E-state index in [0.717, 1.165) is 38.0 Å². The summed E-state index contributed by atoms with van der Waals surface area (Å²) in [5, 5.41) is 2.68. The molecule has 0 bridgehead atoms. The smallest absolute Gasteiger partial charge is 0.407 e. The van der Waals surface area contributed by atoms with E-state index >= 15 is 0 Å². The van der Waals surface area contributed by atoms with E-state index in [1.54, 1.807) is 6.92 Å². The average Bonchev–Trinajstić information content (AvgIpc) is 2.94. The zero-order valence-corrected chi connectivity index (χ0v) is 12.9. The van der Waals surface area contributed by atoms with E-state index in [1.807, 2.05) is 18.2 Å². The van der Waals surface area contributed by atoms with Gasteiger partial charge in [0.05, 0.1) is 12.0 Å². The van der Waals surface area contributed by atoms with Gasteiger partial charge in [-0.1, -0.05) is 30.3 Å². The van der Waals surface area contributed by atoms with E-state index in [0.29, 0.717) is 6.54 Å². The number of benzene rings is 1. The highest BCUT2D eigenvalue weighted by Gasteiger charge is 2.40. The van der Waals surface area contributed by atoms with Crippen molar-refractivity contribution in [1.82, 2.24) is 10.2 Å². The highest BCUT2D eigenvalue weighted by molar-refractivity contribution is 5.88. The van der Waals surface area contributed by atoms with Gasteiger partial charge in [0, 0.05) is 6.54 Å². The molecule has 5 nitrogen and oxygen atoms in total. The van der Waals surface area contributed by atoms with Gasteiger partial charge >= 0.3 is 6.09 Å². The molecule has 2 aliphatic rings. The predicted octanol–water partition coefficient (Wildman–Crippen LogP) is 1.72. The summed E-state index contributed by atoms with van der Waals surface area (Å²) < 4.78 is 5.19. The molecule has 5 heteroatoms. The van der Waals surface area contributed by atoms with Crippen LogP contribution in [0.5, 0.6) is 0 Å². The number of nitrogens with zero attached hydrogens (tertiary/aromatic N) is 1. The van der Waals surface area contributed by atoms with Crippen LogP contribution in [0.1, 0.15) is 25.3 Å². The first kappa shape index (κ1) is 15.0. The summed E-state index contributed by atoms with van der Waals surface area (Å²) >= 11 is 0. The number of ketones is 1. The number of ether oxygens (including phenoxy) is 1. The number of alkyl carbamates (subject to hydrolysis) is 1. The summed E-state index contributed by atoms with van der Waals surface area (Å²) in [6.07, 6.45) is 1.24. The molecule has 1 atom stereocenters. The zero-order chi connectivity index (χ0) is 15.6. The normalized spacial score (nSPS) is 24.6. The van der Waals surface area contributed by atoms with Crippen molar-refractivity contribution in [2.24, 2.45) is 0 Å². The van der Waals surface area contributed by atoms with E-state index in [2.05, 4.69) is 22.3 Å². The van der Waals surface area contributed by atoms with Crippen LogP contribution in [0, 0.1) is 0 Å². The maximum Gasteiger partial charge on any atom is 0.407 e. The molecule has 2 fully saturated rings. The predicted molar refractivity (Wildman–Crippen MR) is 82.7 cm³/mol. The van der Waals surface area contributed by atoms with Crippen molar-refractivity contribution in [2.75, 3.05) is 26.2 Å². The van der Waals surface area contributed by atoms with Crippen LogP contribution >= 0.6 is 0 Å². The second-order valence-electron chi connectivity index (χ2n) is 6.21. The van der Waals surface area contributed by atoms with Gasteiger partial charge in [-0.3, -0.25) is 9.69 Å². The Kier molecular flexibility index (Phi) is 4.16. The first-order valence-corrected chi connectivity index (χ1v) is 7.83. The Hall–Kier alpha value is -1.88. The number of Topliss-reactive ketones (excluding diaryl/α,β-unsaturated/α-hetero) is 1. The molecule has 22 heavy (non-hydrogen) atoms. The van der Waals surface area contributed by atoms with E-state index in [1.165, 1.54) is 0 Å². The number of carbonyl (C=O) groups excluding carboxylic acids is 2. The number of carbonyl (C=O) groups is 2. The first-order valence-electron chi connectivity index (χ1n) is 7.83. The third-order valence-electron chi connectivity index (χ3n) is 4.92. The number of nitrogens with one attached hydrogen (secondary N) is 1. The summed E-state index contributed by atoms with van der Waals surface area (Å²) in [7, 11) is 0. The van der Waals surface area contributed by atoms with Crippen LogP contribution in [-0.4, -0.2) is 49.1 Å². The van der Waals surface area contributed by atoms with E-state index in [4.69, 9.17) is 4.74 Å². The van der Waals surface area contributed by atoms with Gasteiger partial charge in [-0.25, -0.2) is 4.79 Å². The fraction of sp³-hybridized carbons (Fsp3) is 0.529. The van der Waals surface area contributed by atoms with Crippen LogP contribution in [0.15, 0.2) is 30.3 Å². The lowest BCUT2D eigenvalue weighted by Gasteiger charge is -2.41. The average molecular weight is 302 g/mol. The molecule has 0 saturated carbocycles. The molecule has 1 N–H and O–H groups in total. The minimum atomic E-state index is -0.359. The van der Waals surface area contributed by atoms with Gasteiger partial charge in [-0.05, 0) is 38.4 Å². The molecule has 1 amide bonds. The summed E-state index contributed by atoms with van der Waals surface area (Å²) in [6, 6.07) is 10.1. The van der Waals surface area contributed by atoms with Gasteiger partial charge in [0.15, 0.2) is 0 Å². The molecule has 0 aromatic heterocycles. The molecule has 3 rings (SSSR count). The van der Waals surface area contributed by atoms with Crippen molar-refractivity contribution >= 4 is 11.9 Å². The largest absolute Gasteiger partial charge is 0.443 e. The fourth-order valence-corrected chi connectivity index (χ4v) is 3.54. The third-order valence-corrected chi connectivity index (χ3v) is 4.92. The minimum absolute atomic E-state index is 0.0750. The number of hydrogen-bond acceptors (Lipinski definition) is 4. The van der Waals surface area contributed by atoms with E-state index in [-0.39, 0.29) is 23.4 Å². The summed E-state index contributed by atoms with van der Waals surface area (Å²) in [5.41, 5.74) is 0.763. The number of rotatable bonds is 4. The van der Waals surface area contributed by atoms with Crippen molar-refractivity contribution in [3.05, 3.63) is 35.9 Å². The molecule has 2 aliphatic heterocycles. The molecule has 2 heterocycles. The Labute approximate surface area is 130 Å². The number of amides is 1. The van der Waals surface area contributed by atoms with Crippen molar-refractivity contribution in [3.63, 3.8) is 0 Å². The van der Waals surface area contributed by atoms with Crippen molar-refractivity contribution in [2.45, 2.75) is 31.3 Å². The lowest BCUT2D eigenvalue weighted by molar-refractivity contribution is -0.124. The standard InChI is InChI=1S/C17H22N2O3/c1-13(20)17(14-5-3-2-4-6-14)7-9-19(10-8-17)12-15-11-18-16(21)22-15/h2-6,15H,7-12H2,1H3,(H,18,21)/t15-/m0/s1. The second-order valence-corrected chi connectivity index (χ2v) is 6.21. The van der Waals surface area contributed by atoms with E-state index < -0.39 is 0 Å². The zero-order valence-electron chi connectivity index (χ0n) is 12.9. The highest BCUT2D eigenvalue weighted by Crippen LogP contribution is 2.36. The van der Waals surface area contributed by atoms with Crippen molar-refractivity contribution in [3.8, 4) is 0 Å². The Morgan fingerprint density at radius 1 is 1.32 bits per heavy atom. The molecule has 1 aromatic rings. The SMILES string of the molecule is CC(=O)C1(c2ccccc2)CCN(C[C@@H]2CNC(=O)O2)CC1. The molecule has 2 saturated heterocycles. The topological polar surface area (TPSA) is 58.6 Å². The molecular formula is C17H22N2O3. The second kappa shape index (κ2) is 6.08. The number of hydrogen-bond donors (Lipinski definition) is 1. The van der Waals surface area contributed by atoms with Crippen LogP contribution in [-0.2, 0) is 14.9 Å². The van der Waals surface area contributed by atoms with Crippen molar-refractivity contribution in [1.29, 1.82) is 0 Å². The summed E-state index contributed by atoms with van der Waals surface area (Å²) in [4.78, 5) is 25.7. The Bertz CT molecular complexity index is 550. The van der Waals surface area contributed by atoms with Gasteiger partial charge in [0.25, 0.3) is 0 Å². The molecular weight excluding hydrogens is 280 g/mol. The molecule has 1 aromatic carbocycles. The van der Waals surface area contributed by atoms with Gasteiger partial charge in [-0.15, -0.1) is 0 Å².